The Hall–Kier alpha value is -1.61. The van der Waals surface area contributed by atoms with Crippen LogP contribution in [0, 0.1) is 12.7 Å². The normalized spacial score (nSPS) is 12.7. The lowest BCUT2D eigenvalue weighted by Crippen LogP contribution is -2.23. The van der Waals surface area contributed by atoms with Gasteiger partial charge in [0.1, 0.15) is 17.3 Å². The third kappa shape index (κ3) is 2.79. The first-order valence-electron chi connectivity index (χ1n) is 6.12. The smallest absolute Gasteiger partial charge is 0.137 e. The average Bonchev–Trinajstić information content (AvgIpc) is 2.80. The third-order valence-electron chi connectivity index (χ3n) is 3.05. The predicted molar refractivity (Wildman–Crippen MR) is 71.1 cm³/mol. The van der Waals surface area contributed by atoms with E-state index in [9.17, 15) is 4.39 Å². The maximum absolute atomic E-state index is 13.7. The van der Waals surface area contributed by atoms with Gasteiger partial charge in [0.25, 0.3) is 0 Å². The first kappa shape index (κ1) is 12.8. The Labute approximate surface area is 107 Å². The number of furan rings is 1. The number of hydrogen-bond acceptors (Lipinski definition) is 2. The van der Waals surface area contributed by atoms with Gasteiger partial charge in [-0.05, 0) is 45.2 Å². The Bertz CT molecular complexity index is 533. The highest BCUT2D eigenvalue weighted by atomic mass is 19.1. The quantitative estimate of drug-likeness (QED) is 0.894. The Morgan fingerprint density at radius 3 is 2.78 bits per heavy atom. The minimum Gasteiger partial charge on any atom is -0.461 e. The van der Waals surface area contributed by atoms with E-state index in [0.29, 0.717) is 17.4 Å². The molecule has 0 fully saturated rings. The molecule has 1 aromatic heterocycles. The van der Waals surface area contributed by atoms with Crippen LogP contribution in [0.1, 0.15) is 18.2 Å². The van der Waals surface area contributed by atoms with Crippen LogP contribution in [0.25, 0.3) is 11.3 Å². The first-order valence-corrected chi connectivity index (χ1v) is 6.12. The molecule has 0 radical (unpaired) electrons. The highest BCUT2D eigenvalue weighted by Gasteiger charge is 2.11. The second-order valence-corrected chi connectivity index (χ2v) is 4.64. The Morgan fingerprint density at radius 2 is 2.06 bits per heavy atom. The van der Waals surface area contributed by atoms with E-state index in [0.717, 1.165) is 17.7 Å². The summed E-state index contributed by atoms with van der Waals surface area (Å²) in [5.41, 5.74) is 1.55. The summed E-state index contributed by atoms with van der Waals surface area (Å²) in [6, 6.07) is 9.11. The van der Waals surface area contributed by atoms with Gasteiger partial charge in [0.05, 0.1) is 5.56 Å². The van der Waals surface area contributed by atoms with Crippen molar-refractivity contribution in [3.05, 3.63) is 47.5 Å². The van der Waals surface area contributed by atoms with Gasteiger partial charge < -0.3 is 9.73 Å². The van der Waals surface area contributed by atoms with E-state index in [4.69, 9.17) is 4.42 Å². The van der Waals surface area contributed by atoms with Crippen LogP contribution in [0.3, 0.4) is 0 Å². The highest BCUT2D eigenvalue weighted by Crippen LogP contribution is 2.26. The number of benzene rings is 1. The van der Waals surface area contributed by atoms with Crippen LogP contribution in [0.4, 0.5) is 4.39 Å². The van der Waals surface area contributed by atoms with Crippen molar-refractivity contribution in [2.45, 2.75) is 26.3 Å². The van der Waals surface area contributed by atoms with Gasteiger partial charge in [0.2, 0.25) is 0 Å². The molecule has 1 heterocycles. The number of halogens is 1. The van der Waals surface area contributed by atoms with Crippen LogP contribution >= 0.6 is 0 Å². The van der Waals surface area contributed by atoms with Gasteiger partial charge in [-0.2, -0.15) is 0 Å². The second kappa shape index (κ2) is 5.36. The van der Waals surface area contributed by atoms with Gasteiger partial charge in [-0.3, -0.25) is 0 Å². The fraction of sp³-hybridized carbons (Fsp3) is 0.333. The molecule has 0 aliphatic rings. The summed E-state index contributed by atoms with van der Waals surface area (Å²) in [5.74, 6) is 1.21. The summed E-state index contributed by atoms with van der Waals surface area (Å²) in [7, 11) is 1.91. The summed E-state index contributed by atoms with van der Waals surface area (Å²) in [6.45, 7) is 4.02. The zero-order valence-corrected chi connectivity index (χ0v) is 11.0. The van der Waals surface area contributed by atoms with Crippen molar-refractivity contribution in [3.63, 3.8) is 0 Å². The molecule has 0 spiro atoms. The minimum atomic E-state index is -0.247. The second-order valence-electron chi connectivity index (χ2n) is 4.64. The molecule has 2 aromatic rings. The molecular formula is C15H18FNO. The number of aryl methyl sites for hydroxylation is 1. The predicted octanol–water partition coefficient (Wildman–Crippen LogP) is 3.54. The maximum Gasteiger partial charge on any atom is 0.137 e. The van der Waals surface area contributed by atoms with Crippen molar-refractivity contribution >= 4 is 0 Å². The Morgan fingerprint density at radius 1 is 1.28 bits per heavy atom. The van der Waals surface area contributed by atoms with Crippen LogP contribution in [0.2, 0.25) is 0 Å². The molecule has 18 heavy (non-hydrogen) atoms. The van der Waals surface area contributed by atoms with Crippen molar-refractivity contribution in [2.75, 3.05) is 7.05 Å². The molecule has 0 amide bonds. The van der Waals surface area contributed by atoms with Crippen molar-refractivity contribution in [1.29, 1.82) is 0 Å². The van der Waals surface area contributed by atoms with Gasteiger partial charge in [-0.1, -0.05) is 11.6 Å². The lowest BCUT2D eigenvalue weighted by molar-refractivity contribution is 0.479. The minimum absolute atomic E-state index is 0.247. The first-order chi connectivity index (χ1) is 8.60. The number of hydrogen-bond donors (Lipinski definition) is 1. The van der Waals surface area contributed by atoms with Crippen LogP contribution in [-0.2, 0) is 6.42 Å². The van der Waals surface area contributed by atoms with E-state index in [1.165, 1.54) is 6.07 Å². The molecule has 0 aliphatic carbocycles. The summed E-state index contributed by atoms with van der Waals surface area (Å²) in [6.07, 6.45) is 0.796. The van der Waals surface area contributed by atoms with Crippen LogP contribution in [0.5, 0.6) is 0 Å². The van der Waals surface area contributed by atoms with E-state index in [1.807, 2.05) is 26.1 Å². The zero-order chi connectivity index (χ0) is 13.1. The molecule has 3 heteroatoms. The molecule has 2 rings (SSSR count). The standard InChI is InChI=1S/C15H18FNO/c1-10-4-6-14(16)13(8-10)15-7-5-12(18-15)9-11(2)17-3/h4-8,11,17H,9H2,1-3H3. The third-order valence-corrected chi connectivity index (χ3v) is 3.05. The average molecular weight is 247 g/mol. The van der Waals surface area contributed by atoms with Gasteiger partial charge >= 0.3 is 0 Å². The van der Waals surface area contributed by atoms with Gasteiger partial charge in [0, 0.05) is 12.5 Å². The molecule has 0 bridgehead atoms. The molecular weight excluding hydrogens is 229 g/mol. The van der Waals surface area contributed by atoms with E-state index in [1.54, 1.807) is 12.1 Å². The molecule has 96 valence electrons. The topological polar surface area (TPSA) is 25.2 Å². The number of rotatable bonds is 4. The number of nitrogens with one attached hydrogen (secondary N) is 1. The van der Waals surface area contributed by atoms with Crippen LogP contribution < -0.4 is 5.32 Å². The molecule has 0 aliphatic heterocycles. The van der Waals surface area contributed by atoms with E-state index < -0.39 is 0 Å². The summed E-state index contributed by atoms with van der Waals surface area (Å²) >= 11 is 0. The molecule has 2 nitrogen and oxygen atoms in total. The fourth-order valence-electron chi connectivity index (χ4n) is 1.86. The van der Waals surface area contributed by atoms with Crippen molar-refractivity contribution in [3.8, 4) is 11.3 Å². The van der Waals surface area contributed by atoms with E-state index in [-0.39, 0.29) is 5.82 Å². The monoisotopic (exact) mass is 247 g/mol. The van der Waals surface area contributed by atoms with Crippen molar-refractivity contribution < 1.29 is 8.81 Å². The van der Waals surface area contributed by atoms with Crippen LogP contribution in [0.15, 0.2) is 34.7 Å². The largest absolute Gasteiger partial charge is 0.461 e. The lowest BCUT2D eigenvalue weighted by atomic mass is 10.1. The molecule has 1 N–H and O–H groups in total. The van der Waals surface area contributed by atoms with Gasteiger partial charge in [0.15, 0.2) is 0 Å². The fourth-order valence-corrected chi connectivity index (χ4v) is 1.86. The Balaban J connectivity index is 2.26. The zero-order valence-electron chi connectivity index (χ0n) is 11.0. The van der Waals surface area contributed by atoms with Crippen molar-refractivity contribution in [1.82, 2.24) is 5.32 Å². The Kier molecular flexibility index (Phi) is 3.82. The highest BCUT2D eigenvalue weighted by molar-refractivity contribution is 5.59. The summed E-state index contributed by atoms with van der Waals surface area (Å²) in [5, 5.41) is 3.15. The van der Waals surface area contributed by atoms with E-state index in [2.05, 4.69) is 12.2 Å². The molecule has 1 unspecified atom stereocenters. The molecule has 0 saturated heterocycles. The van der Waals surface area contributed by atoms with Gasteiger partial charge in [-0.15, -0.1) is 0 Å². The van der Waals surface area contributed by atoms with Gasteiger partial charge in [-0.25, -0.2) is 4.39 Å². The SMILES string of the molecule is CNC(C)Cc1ccc(-c2cc(C)ccc2F)o1. The molecule has 1 atom stereocenters. The summed E-state index contributed by atoms with van der Waals surface area (Å²) < 4.78 is 19.4. The molecule has 1 aromatic carbocycles. The summed E-state index contributed by atoms with van der Waals surface area (Å²) in [4.78, 5) is 0. The maximum atomic E-state index is 13.7. The van der Waals surface area contributed by atoms with E-state index >= 15 is 0 Å². The lowest BCUT2D eigenvalue weighted by Gasteiger charge is -2.07. The van der Waals surface area contributed by atoms with Crippen LogP contribution in [-0.4, -0.2) is 13.1 Å². The number of likely N-dealkylation sites (N-methyl/N-ethyl adjacent to an activating group) is 1. The van der Waals surface area contributed by atoms with Crippen molar-refractivity contribution in [2.24, 2.45) is 0 Å². The molecule has 0 saturated carbocycles.